The van der Waals surface area contributed by atoms with Crippen molar-refractivity contribution in [3.8, 4) is 17.2 Å². The van der Waals surface area contributed by atoms with Crippen LogP contribution in [0.4, 0.5) is 4.39 Å². The van der Waals surface area contributed by atoms with Gasteiger partial charge >= 0.3 is 0 Å². The molecule has 0 radical (unpaired) electrons. The molecule has 28 heavy (non-hydrogen) atoms. The topological polar surface area (TPSA) is 87.9 Å². The normalized spacial score (nSPS) is 20.1. The SMILES string of the molecule is COc1ccc(-c2nc(CN3CCN4C(=O)CNC(=O)[C@@H]4C3)c(C)o2)c(F)c1. The number of carbonyl (C=O) groups is 2. The van der Waals surface area contributed by atoms with Gasteiger partial charge in [0.2, 0.25) is 17.7 Å². The largest absolute Gasteiger partial charge is 0.497 e. The smallest absolute Gasteiger partial charge is 0.244 e. The van der Waals surface area contributed by atoms with Gasteiger partial charge in [-0.25, -0.2) is 9.37 Å². The molecule has 0 spiro atoms. The third-order valence-corrected chi connectivity index (χ3v) is 5.17. The summed E-state index contributed by atoms with van der Waals surface area (Å²) >= 11 is 0. The van der Waals surface area contributed by atoms with Crippen LogP contribution in [0, 0.1) is 12.7 Å². The predicted octanol–water partition coefficient (Wildman–Crippen LogP) is 0.940. The molecular formula is C19H21FN4O4. The highest BCUT2D eigenvalue weighted by Gasteiger charge is 2.38. The Morgan fingerprint density at radius 1 is 1.36 bits per heavy atom. The van der Waals surface area contributed by atoms with Crippen molar-refractivity contribution >= 4 is 11.8 Å². The Bertz CT molecular complexity index is 929. The van der Waals surface area contributed by atoms with Gasteiger partial charge in [-0.15, -0.1) is 0 Å². The number of halogens is 1. The van der Waals surface area contributed by atoms with Gasteiger partial charge in [-0.2, -0.15) is 0 Å². The van der Waals surface area contributed by atoms with Crippen molar-refractivity contribution in [1.29, 1.82) is 0 Å². The molecular weight excluding hydrogens is 367 g/mol. The Kier molecular flexibility index (Phi) is 4.76. The van der Waals surface area contributed by atoms with Crippen molar-refractivity contribution in [2.45, 2.75) is 19.5 Å². The lowest BCUT2D eigenvalue weighted by molar-refractivity contribution is -0.149. The summed E-state index contributed by atoms with van der Waals surface area (Å²) in [7, 11) is 1.47. The Hall–Kier alpha value is -2.94. The van der Waals surface area contributed by atoms with E-state index in [0.29, 0.717) is 43.4 Å². The molecule has 8 nitrogen and oxygen atoms in total. The number of benzene rings is 1. The molecule has 2 saturated heterocycles. The van der Waals surface area contributed by atoms with E-state index in [1.54, 1.807) is 24.0 Å². The molecule has 0 bridgehead atoms. The maximum atomic E-state index is 14.3. The quantitative estimate of drug-likeness (QED) is 0.839. The van der Waals surface area contributed by atoms with E-state index in [1.165, 1.54) is 13.2 Å². The second-order valence-corrected chi connectivity index (χ2v) is 6.92. The minimum Gasteiger partial charge on any atom is -0.497 e. The monoisotopic (exact) mass is 388 g/mol. The standard InChI is InChI=1S/C19H21FN4O4/c1-11-15(22-19(28-11)13-4-3-12(27-2)7-14(13)20)9-23-5-6-24-16(10-23)18(26)21-8-17(24)25/h3-4,7,16H,5-6,8-10H2,1-2H3,(H,21,26)/t16-/m0/s1. The van der Waals surface area contributed by atoms with Gasteiger partial charge in [0, 0.05) is 32.2 Å². The fraction of sp³-hybridized carbons (Fsp3) is 0.421. The van der Waals surface area contributed by atoms with Crippen molar-refractivity contribution in [2.24, 2.45) is 0 Å². The highest BCUT2D eigenvalue weighted by atomic mass is 19.1. The number of fused-ring (bicyclic) bond motifs is 1. The number of oxazole rings is 1. The van der Waals surface area contributed by atoms with Crippen LogP contribution >= 0.6 is 0 Å². The zero-order valence-corrected chi connectivity index (χ0v) is 15.7. The van der Waals surface area contributed by atoms with Crippen molar-refractivity contribution in [3.63, 3.8) is 0 Å². The molecule has 1 N–H and O–H groups in total. The molecule has 2 fully saturated rings. The summed E-state index contributed by atoms with van der Waals surface area (Å²) in [6.07, 6.45) is 0. The average Bonchev–Trinajstić information content (AvgIpc) is 3.04. The maximum Gasteiger partial charge on any atom is 0.244 e. The lowest BCUT2D eigenvalue weighted by Crippen LogP contribution is -2.65. The van der Waals surface area contributed by atoms with E-state index in [2.05, 4.69) is 15.2 Å². The molecule has 2 amide bonds. The average molecular weight is 388 g/mol. The van der Waals surface area contributed by atoms with Gasteiger partial charge in [-0.3, -0.25) is 14.5 Å². The molecule has 3 heterocycles. The number of ether oxygens (including phenoxy) is 1. The molecule has 2 aromatic rings. The number of aromatic nitrogens is 1. The summed E-state index contributed by atoms with van der Waals surface area (Å²) in [6.45, 7) is 3.85. The molecule has 2 aliphatic rings. The highest BCUT2D eigenvalue weighted by molar-refractivity contribution is 5.95. The first kappa shape index (κ1) is 18.4. The van der Waals surface area contributed by atoms with Crippen molar-refractivity contribution in [3.05, 3.63) is 35.5 Å². The number of rotatable bonds is 4. The van der Waals surface area contributed by atoms with Gasteiger partial charge in [0.25, 0.3) is 0 Å². The van der Waals surface area contributed by atoms with E-state index in [4.69, 9.17) is 9.15 Å². The molecule has 1 atom stereocenters. The predicted molar refractivity (Wildman–Crippen MR) is 97.0 cm³/mol. The van der Waals surface area contributed by atoms with Crippen LogP contribution in [-0.2, 0) is 16.1 Å². The maximum absolute atomic E-state index is 14.3. The second-order valence-electron chi connectivity index (χ2n) is 6.92. The van der Waals surface area contributed by atoms with Gasteiger partial charge in [-0.1, -0.05) is 0 Å². The Morgan fingerprint density at radius 3 is 2.93 bits per heavy atom. The van der Waals surface area contributed by atoms with Gasteiger partial charge in [0.15, 0.2) is 0 Å². The van der Waals surface area contributed by atoms with E-state index in [0.717, 1.165) is 0 Å². The van der Waals surface area contributed by atoms with E-state index < -0.39 is 11.9 Å². The van der Waals surface area contributed by atoms with Crippen LogP contribution in [0.15, 0.2) is 22.6 Å². The number of piperazine rings is 2. The van der Waals surface area contributed by atoms with Crippen LogP contribution in [0.1, 0.15) is 11.5 Å². The number of nitrogens with one attached hydrogen (secondary N) is 1. The van der Waals surface area contributed by atoms with Gasteiger partial charge in [-0.05, 0) is 19.1 Å². The Labute approximate surface area is 161 Å². The molecule has 0 saturated carbocycles. The summed E-state index contributed by atoms with van der Waals surface area (Å²) in [5.74, 6) is 0.552. The van der Waals surface area contributed by atoms with E-state index in [9.17, 15) is 14.0 Å². The van der Waals surface area contributed by atoms with Gasteiger partial charge in [0.05, 0.1) is 24.9 Å². The van der Waals surface area contributed by atoms with E-state index in [-0.39, 0.29) is 29.8 Å². The molecule has 9 heteroatoms. The first-order chi connectivity index (χ1) is 13.5. The molecule has 0 unspecified atom stereocenters. The van der Waals surface area contributed by atoms with Crippen LogP contribution < -0.4 is 10.1 Å². The molecule has 4 rings (SSSR count). The van der Waals surface area contributed by atoms with Crippen molar-refractivity contribution < 1.29 is 23.1 Å². The first-order valence-electron chi connectivity index (χ1n) is 9.06. The lowest BCUT2D eigenvalue weighted by atomic mass is 10.1. The summed E-state index contributed by atoms with van der Waals surface area (Å²) in [4.78, 5) is 32.2. The van der Waals surface area contributed by atoms with E-state index in [1.807, 2.05) is 0 Å². The molecule has 148 valence electrons. The van der Waals surface area contributed by atoms with E-state index >= 15 is 0 Å². The van der Waals surface area contributed by atoms with Crippen LogP contribution in [0.25, 0.3) is 11.5 Å². The van der Waals surface area contributed by atoms with Gasteiger partial charge < -0.3 is 19.4 Å². The number of amides is 2. The lowest BCUT2D eigenvalue weighted by Gasteiger charge is -2.42. The minimum atomic E-state index is -0.485. The zero-order valence-electron chi connectivity index (χ0n) is 15.7. The minimum absolute atomic E-state index is 0.0564. The summed E-state index contributed by atoms with van der Waals surface area (Å²) < 4.78 is 25.0. The zero-order chi connectivity index (χ0) is 19.8. The second kappa shape index (κ2) is 7.23. The molecule has 2 aliphatic heterocycles. The number of aryl methyl sites for hydroxylation is 1. The summed E-state index contributed by atoms with van der Waals surface area (Å²) in [5.41, 5.74) is 0.943. The molecule has 1 aromatic heterocycles. The number of methoxy groups -OCH3 is 1. The van der Waals surface area contributed by atoms with Crippen LogP contribution in [-0.4, -0.2) is 65.9 Å². The number of nitrogens with zero attached hydrogens (tertiary/aromatic N) is 3. The van der Waals surface area contributed by atoms with Crippen LogP contribution in [0.3, 0.4) is 0 Å². The fourth-order valence-electron chi connectivity index (χ4n) is 3.59. The molecule has 1 aromatic carbocycles. The summed E-state index contributed by atoms with van der Waals surface area (Å²) in [5, 5.41) is 2.63. The Balaban J connectivity index is 1.50. The van der Waals surface area contributed by atoms with Crippen molar-refractivity contribution in [2.75, 3.05) is 33.3 Å². The number of carbonyl (C=O) groups excluding carboxylic acids is 2. The molecule has 0 aliphatic carbocycles. The van der Waals surface area contributed by atoms with Gasteiger partial charge in [0.1, 0.15) is 23.4 Å². The first-order valence-corrected chi connectivity index (χ1v) is 9.06. The van der Waals surface area contributed by atoms with Crippen LogP contribution in [0.2, 0.25) is 0 Å². The fourth-order valence-corrected chi connectivity index (χ4v) is 3.59. The third kappa shape index (κ3) is 3.33. The Morgan fingerprint density at radius 2 is 2.18 bits per heavy atom. The van der Waals surface area contributed by atoms with Crippen molar-refractivity contribution in [1.82, 2.24) is 20.1 Å². The third-order valence-electron chi connectivity index (χ3n) is 5.17. The van der Waals surface area contributed by atoms with Crippen LogP contribution in [0.5, 0.6) is 5.75 Å². The number of hydrogen-bond acceptors (Lipinski definition) is 6. The number of hydrogen-bond donors (Lipinski definition) is 1. The highest BCUT2D eigenvalue weighted by Crippen LogP contribution is 2.28. The summed E-state index contributed by atoms with van der Waals surface area (Å²) in [6, 6.07) is 4.02.